The first kappa shape index (κ1) is 18.4. The summed E-state index contributed by atoms with van der Waals surface area (Å²) in [7, 11) is 0. The van der Waals surface area contributed by atoms with Crippen LogP contribution in [0, 0.1) is 0 Å². The van der Waals surface area contributed by atoms with Gasteiger partial charge in [-0.15, -0.1) is 0 Å². The van der Waals surface area contributed by atoms with Gasteiger partial charge >= 0.3 is 0 Å². The maximum absolute atomic E-state index is 12.3. The molecule has 25 heavy (non-hydrogen) atoms. The molecule has 0 radical (unpaired) electrons. The summed E-state index contributed by atoms with van der Waals surface area (Å²) < 4.78 is 0.816. The molecule has 0 saturated carbocycles. The lowest BCUT2D eigenvalue weighted by Crippen LogP contribution is -2.41. The molecule has 0 saturated heterocycles. The summed E-state index contributed by atoms with van der Waals surface area (Å²) in [6.45, 7) is -0.654. The van der Waals surface area contributed by atoms with Crippen LogP contribution in [-0.2, 0) is 9.59 Å². The van der Waals surface area contributed by atoms with Crippen LogP contribution in [0.3, 0.4) is 0 Å². The zero-order chi connectivity index (χ0) is 18.2. The van der Waals surface area contributed by atoms with Crippen molar-refractivity contribution >= 4 is 39.8 Å². The Labute approximate surface area is 152 Å². The van der Waals surface area contributed by atoms with E-state index in [1.54, 1.807) is 48.5 Å². The maximum Gasteiger partial charge on any atom is 0.268 e. The topological polar surface area (TPSA) is 98.3 Å². The molecule has 0 spiro atoms. The van der Waals surface area contributed by atoms with E-state index in [-0.39, 0.29) is 5.70 Å². The number of carboxylic acids is 1. The van der Waals surface area contributed by atoms with E-state index < -0.39 is 24.3 Å². The Morgan fingerprint density at radius 2 is 1.64 bits per heavy atom. The Bertz CT molecular complexity index is 802. The average molecular weight is 402 g/mol. The summed E-state index contributed by atoms with van der Waals surface area (Å²) in [5, 5.41) is 15.2. The fourth-order valence-corrected chi connectivity index (χ4v) is 2.18. The first-order valence-electron chi connectivity index (χ1n) is 7.27. The maximum atomic E-state index is 12.3. The normalized spacial score (nSPS) is 10.8. The summed E-state index contributed by atoms with van der Waals surface area (Å²) in [4.78, 5) is 35.0. The number of halogens is 1. The lowest BCUT2D eigenvalue weighted by molar-refractivity contribution is -0.303. The van der Waals surface area contributed by atoms with Crippen molar-refractivity contribution < 1.29 is 19.5 Å². The van der Waals surface area contributed by atoms with E-state index in [4.69, 9.17) is 0 Å². The Morgan fingerprint density at radius 3 is 2.24 bits per heavy atom. The van der Waals surface area contributed by atoms with Crippen LogP contribution in [0.4, 0.5) is 0 Å². The molecule has 2 aromatic carbocycles. The Kier molecular flexibility index (Phi) is 6.47. The predicted molar refractivity (Wildman–Crippen MR) is 94.0 cm³/mol. The minimum absolute atomic E-state index is 0.0691. The lowest BCUT2D eigenvalue weighted by atomic mass is 10.1. The van der Waals surface area contributed by atoms with Gasteiger partial charge in [-0.25, -0.2) is 0 Å². The Morgan fingerprint density at radius 1 is 1.00 bits per heavy atom. The number of hydrogen-bond acceptors (Lipinski definition) is 4. The highest BCUT2D eigenvalue weighted by Crippen LogP contribution is 2.11. The SMILES string of the molecule is O=C([O-])CNC(=O)/C(=C\c1ccccc1)NC(=O)c1ccc(Br)cc1. The van der Waals surface area contributed by atoms with Gasteiger partial charge in [-0.1, -0.05) is 46.3 Å². The number of hydrogen-bond donors (Lipinski definition) is 2. The van der Waals surface area contributed by atoms with Crippen molar-refractivity contribution in [2.75, 3.05) is 6.54 Å². The molecular formula is C18H14BrN2O4-. The molecule has 2 N–H and O–H groups in total. The van der Waals surface area contributed by atoms with Crippen molar-refractivity contribution in [1.29, 1.82) is 0 Å². The minimum Gasteiger partial charge on any atom is -0.548 e. The molecule has 2 amide bonds. The highest BCUT2D eigenvalue weighted by Gasteiger charge is 2.14. The summed E-state index contributed by atoms with van der Waals surface area (Å²) >= 11 is 3.28. The lowest BCUT2D eigenvalue weighted by Gasteiger charge is -2.11. The molecule has 128 valence electrons. The quantitative estimate of drug-likeness (QED) is 0.707. The highest BCUT2D eigenvalue weighted by molar-refractivity contribution is 9.10. The van der Waals surface area contributed by atoms with E-state index in [0.29, 0.717) is 11.1 Å². The molecule has 0 unspecified atom stereocenters. The van der Waals surface area contributed by atoms with E-state index >= 15 is 0 Å². The van der Waals surface area contributed by atoms with E-state index in [9.17, 15) is 19.5 Å². The van der Waals surface area contributed by atoms with E-state index in [2.05, 4.69) is 26.6 Å². The standard InChI is InChI=1S/C18H15BrN2O4/c19-14-8-6-13(7-9-14)17(24)21-15(18(25)20-11-16(22)23)10-12-4-2-1-3-5-12/h1-10H,11H2,(H,20,25)(H,21,24)(H,22,23)/p-1/b15-10+. The highest BCUT2D eigenvalue weighted by atomic mass is 79.9. The van der Waals surface area contributed by atoms with Gasteiger partial charge in [0.2, 0.25) is 0 Å². The molecule has 7 heteroatoms. The number of rotatable bonds is 6. The Balaban J connectivity index is 2.23. The van der Waals surface area contributed by atoms with Crippen molar-refractivity contribution in [3.05, 3.63) is 75.9 Å². The summed E-state index contributed by atoms with van der Waals surface area (Å²) in [6.07, 6.45) is 1.46. The molecular weight excluding hydrogens is 388 g/mol. The fourth-order valence-electron chi connectivity index (χ4n) is 1.92. The van der Waals surface area contributed by atoms with Gasteiger partial charge in [0.1, 0.15) is 5.70 Å². The van der Waals surface area contributed by atoms with Gasteiger partial charge in [0.25, 0.3) is 11.8 Å². The third-order valence-electron chi connectivity index (χ3n) is 3.10. The number of nitrogens with one attached hydrogen (secondary N) is 2. The predicted octanol–water partition coefficient (Wildman–Crippen LogP) is 1.09. The van der Waals surface area contributed by atoms with Gasteiger partial charge in [-0.2, -0.15) is 0 Å². The van der Waals surface area contributed by atoms with Crippen LogP contribution in [0.1, 0.15) is 15.9 Å². The van der Waals surface area contributed by atoms with Crippen LogP contribution < -0.4 is 15.7 Å². The molecule has 0 aliphatic rings. The van der Waals surface area contributed by atoms with Gasteiger partial charge < -0.3 is 20.5 Å². The van der Waals surface area contributed by atoms with Gasteiger partial charge in [0.15, 0.2) is 0 Å². The Hall–Kier alpha value is -2.93. The van der Waals surface area contributed by atoms with Crippen molar-refractivity contribution in [2.24, 2.45) is 0 Å². The van der Waals surface area contributed by atoms with Crippen LogP contribution in [-0.4, -0.2) is 24.3 Å². The van der Waals surface area contributed by atoms with Crippen LogP contribution >= 0.6 is 15.9 Å². The van der Waals surface area contributed by atoms with Gasteiger partial charge in [0.05, 0.1) is 12.5 Å². The number of aliphatic carboxylic acids is 1. The van der Waals surface area contributed by atoms with E-state index in [1.165, 1.54) is 6.08 Å². The molecule has 0 fully saturated rings. The van der Waals surface area contributed by atoms with Crippen molar-refractivity contribution in [3.8, 4) is 0 Å². The number of carboxylic acid groups (broad SMARTS) is 1. The second-order valence-corrected chi connectivity index (χ2v) is 5.90. The number of amides is 2. The third-order valence-corrected chi connectivity index (χ3v) is 3.63. The zero-order valence-electron chi connectivity index (χ0n) is 13.0. The summed E-state index contributed by atoms with van der Waals surface area (Å²) in [5.74, 6) is -2.64. The molecule has 0 aromatic heterocycles. The molecule has 2 rings (SSSR count). The number of carbonyl (C=O) groups excluding carboxylic acids is 3. The minimum atomic E-state index is -1.42. The van der Waals surface area contributed by atoms with Crippen LogP contribution in [0.15, 0.2) is 64.8 Å². The van der Waals surface area contributed by atoms with Gasteiger partial charge in [-0.3, -0.25) is 9.59 Å². The fraction of sp³-hybridized carbons (Fsp3) is 0.0556. The average Bonchev–Trinajstić information content (AvgIpc) is 2.60. The second-order valence-electron chi connectivity index (χ2n) is 4.98. The van der Waals surface area contributed by atoms with Crippen molar-refractivity contribution in [2.45, 2.75) is 0 Å². The van der Waals surface area contributed by atoms with E-state index in [1.807, 2.05) is 6.07 Å². The largest absolute Gasteiger partial charge is 0.548 e. The molecule has 0 aliphatic carbocycles. The molecule has 0 heterocycles. The van der Waals surface area contributed by atoms with E-state index in [0.717, 1.165) is 4.47 Å². The number of benzene rings is 2. The summed E-state index contributed by atoms with van der Waals surface area (Å²) in [5.41, 5.74) is 0.965. The molecule has 0 aliphatic heterocycles. The first-order valence-corrected chi connectivity index (χ1v) is 8.06. The number of carbonyl (C=O) groups is 3. The second kappa shape index (κ2) is 8.79. The molecule has 0 atom stereocenters. The monoisotopic (exact) mass is 401 g/mol. The molecule has 2 aromatic rings. The summed E-state index contributed by atoms with van der Waals surface area (Å²) in [6, 6.07) is 15.5. The van der Waals surface area contributed by atoms with Crippen molar-refractivity contribution in [3.63, 3.8) is 0 Å². The third kappa shape index (κ3) is 5.89. The van der Waals surface area contributed by atoms with Crippen molar-refractivity contribution in [1.82, 2.24) is 10.6 Å². The zero-order valence-corrected chi connectivity index (χ0v) is 14.6. The molecule has 6 nitrogen and oxygen atoms in total. The molecule has 0 bridgehead atoms. The first-order chi connectivity index (χ1) is 12.0. The van der Waals surface area contributed by atoms with Crippen LogP contribution in [0.2, 0.25) is 0 Å². The smallest absolute Gasteiger partial charge is 0.268 e. The van der Waals surface area contributed by atoms with Crippen LogP contribution in [0.25, 0.3) is 6.08 Å². The van der Waals surface area contributed by atoms with Crippen LogP contribution in [0.5, 0.6) is 0 Å². The van der Waals surface area contributed by atoms with Gasteiger partial charge in [0, 0.05) is 10.0 Å². The van der Waals surface area contributed by atoms with Gasteiger partial charge in [-0.05, 0) is 35.9 Å².